The first-order valence-corrected chi connectivity index (χ1v) is 25.6. The minimum Gasteiger partial charge on any atom is -0.394 e. The number of amides is 1. The van der Waals surface area contributed by atoms with Crippen molar-refractivity contribution in [1.82, 2.24) is 5.32 Å². The summed E-state index contributed by atoms with van der Waals surface area (Å²) in [6.07, 6.45) is 59.2. The van der Waals surface area contributed by atoms with E-state index < -0.39 is 18.2 Å². The summed E-state index contributed by atoms with van der Waals surface area (Å²) in [6, 6.07) is -0.758. The highest BCUT2D eigenvalue weighted by molar-refractivity contribution is 5.76. The van der Waals surface area contributed by atoms with E-state index in [-0.39, 0.29) is 18.9 Å². The molecule has 1 amide bonds. The summed E-state index contributed by atoms with van der Waals surface area (Å²) in [4.78, 5) is 12.5. The van der Waals surface area contributed by atoms with Crippen molar-refractivity contribution in [1.29, 1.82) is 0 Å². The molecule has 3 atom stereocenters. The smallest absolute Gasteiger partial charge is 0.222 e. The molecule has 0 aliphatic rings. The molecule has 4 N–H and O–H groups in total. The Labute approximate surface area is 356 Å². The largest absolute Gasteiger partial charge is 0.394 e. The van der Waals surface area contributed by atoms with Gasteiger partial charge in [0, 0.05) is 0 Å². The van der Waals surface area contributed by atoms with Crippen molar-refractivity contribution < 1.29 is 20.1 Å². The molecule has 0 aromatic heterocycles. The standard InChI is InChI=1S/C52H101NO4/c1-3-5-7-9-11-13-15-17-19-21-23-24-25-26-28-29-31-33-35-37-39-41-43-45-49(55)47-52(57)53-50(48-54)51(56)46-44-42-40-38-36-34-32-30-27-22-20-18-16-14-12-10-8-6-4-2/h36,38,44,46,49-51,54-56H,3-35,37,39-43,45,47-48H2,1-2H3,(H,53,57)/b38-36+,46-44+. The molecule has 0 spiro atoms. The molecule has 3 unspecified atom stereocenters. The average Bonchev–Trinajstić information content (AvgIpc) is 3.20. The maximum Gasteiger partial charge on any atom is 0.222 e. The van der Waals surface area contributed by atoms with Crippen molar-refractivity contribution in [2.24, 2.45) is 0 Å². The van der Waals surface area contributed by atoms with Crippen LogP contribution in [0.15, 0.2) is 24.3 Å². The fourth-order valence-corrected chi connectivity index (χ4v) is 8.06. The molecule has 0 aromatic rings. The summed E-state index contributed by atoms with van der Waals surface area (Å²) in [5.74, 6) is -0.320. The number of hydrogen-bond acceptors (Lipinski definition) is 4. The first-order chi connectivity index (χ1) is 28.0. The fraction of sp³-hybridized carbons (Fsp3) is 0.904. The SMILES string of the molecule is CCCCCCCCCCCCCCC/C=C/CC/C=C/C(O)C(CO)NC(=O)CC(O)CCCCCCCCCCCCCCCCCCCCCCCCC. The van der Waals surface area contributed by atoms with Crippen molar-refractivity contribution in [3.8, 4) is 0 Å². The van der Waals surface area contributed by atoms with Crippen LogP contribution >= 0.6 is 0 Å². The number of aliphatic hydroxyl groups excluding tert-OH is 3. The molecule has 0 aliphatic heterocycles. The van der Waals surface area contributed by atoms with Crippen molar-refractivity contribution in [3.63, 3.8) is 0 Å². The van der Waals surface area contributed by atoms with Gasteiger partial charge in [-0.3, -0.25) is 4.79 Å². The third-order valence-electron chi connectivity index (χ3n) is 12.0. The molecule has 0 saturated carbocycles. The van der Waals surface area contributed by atoms with Gasteiger partial charge in [-0.1, -0.05) is 263 Å². The van der Waals surface area contributed by atoms with Crippen LogP contribution in [0.5, 0.6) is 0 Å². The molecule has 0 aliphatic carbocycles. The lowest BCUT2D eigenvalue weighted by molar-refractivity contribution is -0.124. The lowest BCUT2D eigenvalue weighted by Gasteiger charge is -2.21. The predicted octanol–water partition coefficient (Wildman–Crippen LogP) is 15.3. The Morgan fingerprint density at radius 3 is 1.12 bits per heavy atom. The van der Waals surface area contributed by atoms with E-state index in [1.54, 1.807) is 6.08 Å². The lowest BCUT2D eigenvalue weighted by Crippen LogP contribution is -2.45. The first-order valence-electron chi connectivity index (χ1n) is 25.6. The van der Waals surface area contributed by atoms with Crippen LogP contribution in [0.4, 0.5) is 0 Å². The Hall–Kier alpha value is -1.17. The Bertz CT molecular complexity index is 844. The summed E-state index contributed by atoms with van der Waals surface area (Å²) in [7, 11) is 0. The third-order valence-corrected chi connectivity index (χ3v) is 12.0. The van der Waals surface area contributed by atoms with Gasteiger partial charge in [0.15, 0.2) is 0 Å². The molecule has 0 bridgehead atoms. The highest BCUT2D eigenvalue weighted by Crippen LogP contribution is 2.17. The molecule has 5 heteroatoms. The van der Waals surface area contributed by atoms with Crippen molar-refractivity contribution in [2.45, 2.75) is 295 Å². The van der Waals surface area contributed by atoms with Gasteiger partial charge in [-0.05, 0) is 32.1 Å². The molecule has 0 fully saturated rings. The van der Waals surface area contributed by atoms with Gasteiger partial charge in [-0.15, -0.1) is 0 Å². The molecule has 0 heterocycles. The van der Waals surface area contributed by atoms with Crippen LogP contribution in [0.3, 0.4) is 0 Å². The third kappa shape index (κ3) is 44.2. The van der Waals surface area contributed by atoms with Crippen molar-refractivity contribution in [2.75, 3.05) is 6.61 Å². The average molecular weight is 804 g/mol. The van der Waals surface area contributed by atoms with Gasteiger partial charge in [-0.2, -0.15) is 0 Å². The Morgan fingerprint density at radius 2 is 0.754 bits per heavy atom. The van der Waals surface area contributed by atoms with Gasteiger partial charge in [0.1, 0.15) is 0 Å². The van der Waals surface area contributed by atoms with Gasteiger partial charge in [0.25, 0.3) is 0 Å². The van der Waals surface area contributed by atoms with Crippen LogP contribution in [-0.4, -0.2) is 46.1 Å². The Kier molecular flexibility index (Phi) is 46.5. The zero-order valence-electron chi connectivity index (χ0n) is 38.5. The number of rotatable bonds is 47. The topological polar surface area (TPSA) is 89.8 Å². The maximum atomic E-state index is 12.5. The van der Waals surface area contributed by atoms with Gasteiger partial charge in [0.2, 0.25) is 5.91 Å². The predicted molar refractivity (Wildman–Crippen MR) is 250 cm³/mol. The Morgan fingerprint density at radius 1 is 0.439 bits per heavy atom. The van der Waals surface area contributed by atoms with Gasteiger partial charge in [0.05, 0.1) is 31.3 Å². The zero-order chi connectivity index (χ0) is 41.5. The number of allylic oxidation sites excluding steroid dienone is 3. The second-order valence-corrected chi connectivity index (χ2v) is 17.8. The highest BCUT2D eigenvalue weighted by atomic mass is 16.3. The number of hydrogen-bond donors (Lipinski definition) is 4. The van der Waals surface area contributed by atoms with E-state index >= 15 is 0 Å². The minimum absolute atomic E-state index is 0.0102. The summed E-state index contributed by atoms with van der Waals surface area (Å²) < 4.78 is 0. The van der Waals surface area contributed by atoms with Crippen molar-refractivity contribution in [3.05, 3.63) is 24.3 Å². The van der Waals surface area contributed by atoms with E-state index in [1.165, 1.54) is 218 Å². The van der Waals surface area contributed by atoms with E-state index in [9.17, 15) is 20.1 Å². The van der Waals surface area contributed by atoms with E-state index in [2.05, 4.69) is 31.3 Å². The maximum absolute atomic E-state index is 12.5. The van der Waals surface area contributed by atoms with Gasteiger partial charge >= 0.3 is 0 Å². The van der Waals surface area contributed by atoms with Crippen LogP contribution in [0.25, 0.3) is 0 Å². The molecule has 5 nitrogen and oxygen atoms in total. The van der Waals surface area contributed by atoms with Crippen LogP contribution in [-0.2, 0) is 4.79 Å². The van der Waals surface area contributed by atoms with Crippen LogP contribution < -0.4 is 5.32 Å². The van der Waals surface area contributed by atoms with E-state index in [1.807, 2.05) is 6.08 Å². The summed E-state index contributed by atoms with van der Waals surface area (Å²) >= 11 is 0. The number of nitrogens with one attached hydrogen (secondary N) is 1. The van der Waals surface area contributed by atoms with Crippen LogP contribution in [0, 0.1) is 0 Å². The van der Waals surface area contributed by atoms with Crippen LogP contribution in [0.1, 0.15) is 277 Å². The molecule has 0 saturated heterocycles. The number of unbranched alkanes of at least 4 members (excludes halogenated alkanes) is 36. The normalized spacial score (nSPS) is 13.6. The monoisotopic (exact) mass is 804 g/mol. The molecule has 0 radical (unpaired) electrons. The van der Waals surface area contributed by atoms with Gasteiger partial charge in [-0.25, -0.2) is 0 Å². The van der Waals surface area contributed by atoms with Gasteiger partial charge < -0.3 is 20.6 Å². The zero-order valence-corrected chi connectivity index (χ0v) is 38.5. The first kappa shape index (κ1) is 55.8. The quantitative estimate of drug-likeness (QED) is 0.0364. The lowest BCUT2D eigenvalue weighted by atomic mass is 10.0. The molecular weight excluding hydrogens is 703 g/mol. The second-order valence-electron chi connectivity index (χ2n) is 17.8. The summed E-state index contributed by atoms with van der Waals surface area (Å²) in [6.45, 7) is 4.23. The summed E-state index contributed by atoms with van der Waals surface area (Å²) in [5.41, 5.74) is 0. The summed E-state index contributed by atoms with van der Waals surface area (Å²) in [5, 5.41) is 33.3. The minimum atomic E-state index is -0.949. The molecular formula is C52H101NO4. The van der Waals surface area contributed by atoms with Crippen molar-refractivity contribution >= 4 is 5.91 Å². The highest BCUT2D eigenvalue weighted by Gasteiger charge is 2.20. The van der Waals surface area contributed by atoms with E-state index in [4.69, 9.17) is 0 Å². The van der Waals surface area contributed by atoms with E-state index in [0.717, 1.165) is 32.1 Å². The molecule has 0 rings (SSSR count). The molecule has 57 heavy (non-hydrogen) atoms. The van der Waals surface area contributed by atoms with E-state index in [0.29, 0.717) is 6.42 Å². The number of carbonyl (C=O) groups is 1. The fourth-order valence-electron chi connectivity index (χ4n) is 8.06. The number of aliphatic hydroxyl groups is 3. The second kappa shape index (κ2) is 47.5. The molecule has 338 valence electrons. The Balaban J connectivity index is 3.61. The number of carbonyl (C=O) groups excluding carboxylic acids is 1. The van der Waals surface area contributed by atoms with Crippen LogP contribution in [0.2, 0.25) is 0 Å². The molecule has 0 aromatic carbocycles.